The van der Waals surface area contributed by atoms with Gasteiger partial charge in [0, 0.05) is 24.7 Å². The highest BCUT2D eigenvalue weighted by Crippen LogP contribution is 2.22. The lowest BCUT2D eigenvalue weighted by Crippen LogP contribution is -2.58. The zero-order valence-corrected chi connectivity index (χ0v) is 9.05. The molecule has 1 aliphatic rings. The summed E-state index contributed by atoms with van der Waals surface area (Å²) in [5.41, 5.74) is 5.90. The van der Waals surface area contributed by atoms with Crippen LogP contribution < -0.4 is 5.73 Å². The molecular weight excluding hydrogens is 164 g/mol. The van der Waals surface area contributed by atoms with E-state index in [4.69, 9.17) is 10.5 Å². The van der Waals surface area contributed by atoms with Gasteiger partial charge in [-0.1, -0.05) is 6.92 Å². The maximum atomic E-state index is 5.75. The molecule has 78 valence electrons. The Morgan fingerprint density at radius 2 is 2.23 bits per heavy atom. The van der Waals surface area contributed by atoms with Crippen LogP contribution in [0.5, 0.6) is 0 Å². The summed E-state index contributed by atoms with van der Waals surface area (Å²) in [5, 5.41) is 0. The van der Waals surface area contributed by atoms with Gasteiger partial charge < -0.3 is 10.5 Å². The monoisotopic (exact) mass is 186 g/mol. The number of ether oxygens (including phenoxy) is 1. The molecule has 0 aliphatic carbocycles. The van der Waals surface area contributed by atoms with E-state index in [9.17, 15) is 0 Å². The van der Waals surface area contributed by atoms with Gasteiger partial charge in [-0.3, -0.25) is 4.90 Å². The predicted molar refractivity (Wildman–Crippen MR) is 54.7 cm³/mol. The van der Waals surface area contributed by atoms with Crippen LogP contribution in [0.4, 0.5) is 0 Å². The van der Waals surface area contributed by atoms with Crippen LogP contribution in [0.1, 0.15) is 27.2 Å². The molecule has 3 heteroatoms. The Bertz CT molecular complexity index is 155. The van der Waals surface area contributed by atoms with Gasteiger partial charge >= 0.3 is 0 Å². The van der Waals surface area contributed by atoms with Crippen LogP contribution in [0.3, 0.4) is 0 Å². The molecule has 0 aromatic heterocycles. The van der Waals surface area contributed by atoms with Gasteiger partial charge in [0.15, 0.2) is 0 Å². The van der Waals surface area contributed by atoms with E-state index in [1.807, 2.05) is 0 Å². The molecule has 0 radical (unpaired) electrons. The SMILES string of the molecule is CCC(CN)N1CCOCC1(C)C. The topological polar surface area (TPSA) is 38.5 Å². The van der Waals surface area contributed by atoms with Crippen molar-refractivity contribution in [1.29, 1.82) is 0 Å². The van der Waals surface area contributed by atoms with Gasteiger partial charge in [0.05, 0.1) is 13.2 Å². The lowest BCUT2D eigenvalue weighted by atomic mass is 9.98. The fraction of sp³-hybridized carbons (Fsp3) is 1.00. The fourth-order valence-corrected chi connectivity index (χ4v) is 2.06. The minimum Gasteiger partial charge on any atom is -0.378 e. The quantitative estimate of drug-likeness (QED) is 0.709. The number of rotatable bonds is 3. The second-order valence-corrected chi connectivity index (χ2v) is 4.36. The average Bonchev–Trinajstić information content (AvgIpc) is 2.09. The third kappa shape index (κ3) is 2.42. The third-order valence-electron chi connectivity index (χ3n) is 2.89. The summed E-state index contributed by atoms with van der Waals surface area (Å²) in [5.74, 6) is 0. The largest absolute Gasteiger partial charge is 0.378 e. The summed E-state index contributed by atoms with van der Waals surface area (Å²) in [6, 6.07) is 0.513. The van der Waals surface area contributed by atoms with E-state index in [2.05, 4.69) is 25.7 Å². The lowest BCUT2D eigenvalue weighted by Gasteiger charge is -2.46. The van der Waals surface area contributed by atoms with Crippen LogP contribution in [0.15, 0.2) is 0 Å². The Morgan fingerprint density at radius 1 is 1.54 bits per heavy atom. The highest BCUT2D eigenvalue weighted by molar-refractivity contribution is 4.88. The van der Waals surface area contributed by atoms with E-state index in [0.717, 1.165) is 32.7 Å². The Hall–Kier alpha value is -0.120. The molecule has 1 atom stereocenters. The zero-order chi connectivity index (χ0) is 9.90. The lowest BCUT2D eigenvalue weighted by molar-refractivity contribution is -0.0708. The third-order valence-corrected chi connectivity index (χ3v) is 2.89. The molecule has 0 aromatic carbocycles. The molecule has 2 N–H and O–H groups in total. The van der Waals surface area contributed by atoms with Gasteiger partial charge in [0.2, 0.25) is 0 Å². The highest BCUT2D eigenvalue weighted by Gasteiger charge is 2.33. The van der Waals surface area contributed by atoms with Crippen LogP contribution in [0, 0.1) is 0 Å². The molecular formula is C10H22N2O. The molecule has 0 spiro atoms. The van der Waals surface area contributed by atoms with E-state index in [0.29, 0.717) is 6.04 Å². The molecule has 0 bridgehead atoms. The molecule has 0 aromatic rings. The van der Waals surface area contributed by atoms with E-state index in [1.54, 1.807) is 0 Å². The first-order valence-corrected chi connectivity index (χ1v) is 5.16. The molecule has 13 heavy (non-hydrogen) atoms. The maximum Gasteiger partial charge on any atom is 0.0645 e. The Kier molecular flexibility index (Phi) is 3.71. The summed E-state index contributed by atoms with van der Waals surface area (Å²) < 4.78 is 5.47. The van der Waals surface area contributed by atoms with Crippen molar-refractivity contribution in [2.24, 2.45) is 5.73 Å². The molecule has 1 saturated heterocycles. The average molecular weight is 186 g/mol. The minimum atomic E-state index is 0.151. The fourth-order valence-electron chi connectivity index (χ4n) is 2.06. The van der Waals surface area contributed by atoms with Gasteiger partial charge in [0.25, 0.3) is 0 Å². The van der Waals surface area contributed by atoms with Crippen molar-refractivity contribution < 1.29 is 4.74 Å². The molecule has 3 nitrogen and oxygen atoms in total. The van der Waals surface area contributed by atoms with Crippen LogP contribution >= 0.6 is 0 Å². The predicted octanol–water partition coefficient (Wildman–Crippen LogP) is 0.834. The Balaban J connectivity index is 2.63. The number of hydrogen-bond acceptors (Lipinski definition) is 3. The molecule has 1 rings (SSSR count). The smallest absolute Gasteiger partial charge is 0.0645 e. The first-order chi connectivity index (χ1) is 6.11. The second kappa shape index (κ2) is 4.40. The van der Waals surface area contributed by atoms with Crippen molar-refractivity contribution in [3.8, 4) is 0 Å². The number of morpholine rings is 1. The molecule has 1 aliphatic heterocycles. The second-order valence-electron chi connectivity index (χ2n) is 4.36. The highest BCUT2D eigenvalue weighted by atomic mass is 16.5. The van der Waals surface area contributed by atoms with Crippen LogP contribution in [-0.4, -0.2) is 42.8 Å². The summed E-state index contributed by atoms with van der Waals surface area (Å²) in [6.45, 7) is 10.1. The minimum absolute atomic E-state index is 0.151. The van der Waals surface area contributed by atoms with E-state index < -0.39 is 0 Å². The van der Waals surface area contributed by atoms with Crippen LogP contribution in [0.25, 0.3) is 0 Å². The normalized spacial score (nSPS) is 25.8. The molecule has 1 fully saturated rings. The van der Waals surface area contributed by atoms with Crippen molar-refractivity contribution in [1.82, 2.24) is 4.90 Å². The number of nitrogens with zero attached hydrogens (tertiary/aromatic N) is 1. The summed E-state index contributed by atoms with van der Waals surface area (Å²) in [7, 11) is 0. The van der Waals surface area contributed by atoms with Gasteiger partial charge in [0.1, 0.15) is 0 Å². The van der Waals surface area contributed by atoms with Crippen LogP contribution in [0.2, 0.25) is 0 Å². The Labute approximate surface area is 81.2 Å². The van der Waals surface area contributed by atoms with E-state index in [1.165, 1.54) is 0 Å². The zero-order valence-electron chi connectivity index (χ0n) is 9.05. The standard InChI is InChI=1S/C10H22N2O/c1-4-9(7-11)12-5-6-13-8-10(12,2)3/h9H,4-8,11H2,1-3H3. The summed E-state index contributed by atoms with van der Waals surface area (Å²) >= 11 is 0. The van der Waals surface area contributed by atoms with Gasteiger partial charge in [-0.15, -0.1) is 0 Å². The summed E-state index contributed by atoms with van der Waals surface area (Å²) in [6.07, 6.45) is 1.12. The molecule has 1 heterocycles. The summed E-state index contributed by atoms with van der Waals surface area (Å²) in [4.78, 5) is 2.48. The van der Waals surface area contributed by atoms with Crippen LogP contribution in [-0.2, 0) is 4.74 Å². The first kappa shape index (κ1) is 11.0. The van der Waals surface area contributed by atoms with Crippen molar-refractivity contribution in [2.75, 3.05) is 26.3 Å². The van der Waals surface area contributed by atoms with Crippen molar-refractivity contribution in [3.63, 3.8) is 0 Å². The van der Waals surface area contributed by atoms with Gasteiger partial charge in [-0.2, -0.15) is 0 Å². The first-order valence-electron chi connectivity index (χ1n) is 5.16. The van der Waals surface area contributed by atoms with Crippen molar-refractivity contribution >= 4 is 0 Å². The molecule has 1 unspecified atom stereocenters. The molecule has 0 amide bonds. The van der Waals surface area contributed by atoms with E-state index >= 15 is 0 Å². The Morgan fingerprint density at radius 3 is 2.69 bits per heavy atom. The number of hydrogen-bond donors (Lipinski definition) is 1. The van der Waals surface area contributed by atoms with E-state index in [-0.39, 0.29) is 5.54 Å². The van der Waals surface area contributed by atoms with Gasteiger partial charge in [-0.25, -0.2) is 0 Å². The van der Waals surface area contributed by atoms with Gasteiger partial charge in [-0.05, 0) is 20.3 Å². The molecule has 0 saturated carbocycles. The van der Waals surface area contributed by atoms with Crippen molar-refractivity contribution in [3.05, 3.63) is 0 Å². The van der Waals surface area contributed by atoms with Crippen molar-refractivity contribution in [2.45, 2.75) is 38.8 Å². The number of nitrogens with two attached hydrogens (primary N) is 1. The maximum absolute atomic E-state index is 5.75.